The highest BCUT2D eigenvalue weighted by molar-refractivity contribution is 9.10. The normalized spacial score (nSPS) is 26.7. The van der Waals surface area contributed by atoms with E-state index in [1.54, 1.807) is 21.8 Å². The molecule has 0 bridgehead atoms. The molecular weight excluding hydrogens is 364 g/mol. The van der Waals surface area contributed by atoms with Crippen molar-refractivity contribution in [3.63, 3.8) is 0 Å². The lowest BCUT2D eigenvalue weighted by atomic mass is 9.81. The van der Waals surface area contributed by atoms with Crippen LogP contribution in [0, 0.1) is 11.3 Å². The van der Waals surface area contributed by atoms with Crippen molar-refractivity contribution in [1.82, 2.24) is 19.5 Å². The molecule has 0 spiro atoms. The van der Waals surface area contributed by atoms with Crippen molar-refractivity contribution in [3.8, 4) is 0 Å². The SMILES string of the molecule is O=C(c1cnn2cc(Br)cnc12)N1C[C@@H]2CCC[C@@]2(C(=O)O)C1. The molecule has 1 N–H and O–H groups in total. The maximum absolute atomic E-state index is 12.8. The zero-order valence-corrected chi connectivity index (χ0v) is 13.9. The summed E-state index contributed by atoms with van der Waals surface area (Å²) < 4.78 is 2.31. The minimum Gasteiger partial charge on any atom is -0.481 e. The zero-order valence-electron chi connectivity index (χ0n) is 12.3. The van der Waals surface area contributed by atoms with Gasteiger partial charge in [-0.15, -0.1) is 0 Å². The van der Waals surface area contributed by atoms with E-state index in [1.165, 1.54) is 6.20 Å². The van der Waals surface area contributed by atoms with E-state index in [2.05, 4.69) is 26.0 Å². The number of carboxylic acids is 1. The van der Waals surface area contributed by atoms with Crippen molar-refractivity contribution in [2.75, 3.05) is 13.1 Å². The van der Waals surface area contributed by atoms with Gasteiger partial charge in [0.05, 0.1) is 16.1 Å². The molecule has 2 atom stereocenters. The number of carbonyl (C=O) groups excluding carboxylic acids is 1. The number of carboxylic acid groups (broad SMARTS) is 1. The number of halogens is 1. The first-order valence-corrected chi connectivity index (χ1v) is 8.32. The monoisotopic (exact) mass is 378 g/mol. The summed E-state index contributed by atoms with van der Waals surface area (Å²) in [5, 5.41) is 13.8. The minimum absolute atomic E-state index is 0.0490. The van der Waals surface area contributed by atoms with Crippen LogP contribution in [0.5, 0.6) is 0 Å². The Morgan fingerprint density at radius 3 is 2.96 bits per heavy atom. The fourth-order valence-electron chi connectivity index (χ4n) is 3.97. The summed E-state index contributed by atoms with van der Waals surface area (Å²) >= 11 is 3.32. The Morgan fingerprint density at radius 1 is 1.39 bits per heavy atom. The Morgan fingerprint density at radius 2 is 2.22 bits per heavy atom. The highest BCUT2D eigenvalue weighted by Gasteiger charge is 2.56. The third-order valence-corrected chi connectivity index (χ3v) is 5.55. The molecule has 4 rings (SSSR count). The molecular formula is C15H15BrN4O3. The van der Waals surface area contributed by atoms with Crippen LogP contribution in [0.4, 0.5) is 0 Å². The van der Waals surface area contributed by atoms with Crippen molar-refractivity contribution < 1.29 is 14.7 Å². The summed E-state index contributed by atoms with van der Waals surface area (Å²) in [6.45, 7) is 0.776. The molecule has 7 nitrogen and oxygen atoms in total. The Kier molecular flexibility index (Phi) is 3.19. The Labute approximate surface area is 140 Å². The summed E-state index contributed by atoms with van der Waals surface area (Å²) in [7, 11) is 0. The van der Waals surface area contributed by atoms with E-state index in [-0.39, 0.29) is 18.4 Å². The molecule has 1 saturated carbocycles. The summed E-state index contributed by atoms with van der Waals surface area (Å²) in [5.41, 5.74) is 0.132. The van der Waals surface area contributed by atoms with Gasteiger partial charge in [0, 0.05) is 25.5 Å². The predicted molar refractivity (Wildman–Crippen MR) is 84.0 cm³/mol. The number of aromatic nitrogens is 3. The second-order valence-electron chi connectivity index (χ2n) is 6.33. The summed E-state index contributed by atoms with van der Waals surface area (Å²) in [4.78, 5) is 30.5. The van der Waals surface area contributed by atoms with E-state index >= 15 is 0 Å². The van der Waals surface area contributed by atoms with Gasteiger partial charge in [0.15, 0.2) is 5.65 Å². The summed E-state index contributed by atoms with van der Waals surface area (Å²) in [6.07, 6.45) is 7.29. The van der Waals surface area contributed by atoms with Gasteiger partial charge in [0.25, 0.3) is 5.91 Å². The van der Waals surface area contributed by atoms with Crippen molar-refractivity contribution >= 4 is 33.5 Å². The molecule has 23 heavy (non-hydrogen) atoms. The fraction of sp³-hybridized carbons (Fsp3) is 0.467. The van der Waals surface area contributed by atoms with Crippen LogP contribution in [-0.4, -0.2) is 49.6 Å². The van der Waals surface area contributed by atoms with Crippen LogP contribution in [0.15, 0.2) is 23.1 Å². The second-order valence-corrected chi connectivity index (χ2v) is 7.25. The van der Waals surface area contributed by atoms with Crippen molar-refractivity contribution in [2.45, 2.75) is 19.3 Å². The minimum atomic E-state index is -0.780. The van der Waals surface area contributed by atoms with Gasteiger partial charge in [-0.2, -0.15) is 5.10 Å². The van der Waals surface area contributed by atoms with E-state index in [9.17, 15) is 14.7 Å². The lowest BCUT2D eigenvalue weighted by Gasteiger charge is -2.23. The number of hydrogen-bond acceptors (Lipinski definition) is 4. The third kappa shape index (κ3) is 2.08. The largest absolute Gasteiger partial charge is 0.481 e. The lowest BCUT2D eigenvalue weighted by molar-refractivity contribution is -0.149. The van der Waals surface area contributed by atoms with Crippen LogP contribution in [0.1, 0.15) is 29.6 Å². The molecule has 1 amide bonds. The van der Waals surface area contributed by atoms with Crippen molar-refractivity contribution in [2.24, 2.45) is 11.3 Å². The average molecular weight is 379 g/mol. The molecule has 0 radical (unpaired) electrons. The molecule has 8 heteroatoms. The molecule has 0 unspecified atom stereocenters. The van der Waals surface area contributed by atoms with Crippen LogP contribution in [0.3, 0.4) is 0 Å². The zero-order chi connectivity index (χ0) is 16.2. The van der Waals surface area contributed by atoms with Crippen molar-refractivity contribution in [1.29, 1.82) is 0 Å². The van der Waals surface area contributed by atoms with Gasteiger partial charge in [0.2, 0.25) is 0 Å². The van der Waals surface area contributed by atoms with Gasteiger partial charge >= 0.3 is 5.97 Å². The molecule has 1 saturated heterocycles. The smallest absolute Gasteiger partial charge is 0.311 e. The second kappa shape index (κ2) is 5.02. The topological polar surface area (TPSA) is 87.8 Å². The lowest BCUT2D eigenvalue weighted by Crippen LogP contribution is -2.37. The number of likely N-dealkylation sites (tertiary alicyclic amines) is 1. The maximum atomic E-state index is 12.8. The first-order chi connectivity index (χ1) is 11.0. The Hall–Kier alpha value is -1.96. The van der Waals surface area contributed by atoms with E-state index in [1.807, 2.05) is 0 Å². The predicted octanol–water partition coefficient (Wildman–Crippen LogP) is 1.82. The fourth-order valence-corrected chi connectivity index (χ4v) is 4.26. The van der Waals surface area contributed by atoms with E-state index in [4.69, 9.17) is 0 Å². The number of carbonyl (C=O) groups is 2. The van der Waals surface area contributed by atoms with Gasteiger partial charge in [-0.25, -0.2) is 9.50 Å². The van der Waals surface area contributed by atoms with E-state index < -0.39 is 11.4 Å². The van der Waals surface area contributed by atoms with Gasteiger partial charge in [0.1, 0.15) is 5.56 Å². The number of hydrogen-bond donors (Lipinski definition) is 1. The molecule has 1 aliphatic heterocycles. The molecule has 3 heterocycles. The molecule has 0 aromatic carbocycles. The summed E-state index contributed by atoms with van der Waals surface area (Å²) in [5.74, 6) is -0.921. The molecule has 2 aromatic heterocycles. The van der Waals surface area contributed by atoms with E-state index in [0.29, 0.717) is 24.2 Å². The first-order valence-electron chi connectivity index (χ1n) is 7.53. The number of fused-ring (bicyclic) bond motifs is 2. The highest BCUT2D eigenvalue weighted by atomic mass is 79.9. The van der Waals surface area contributed by atoms with Crippen LogP contribution in [-0.2, 0) is 4.79 Å². The number of amides is 1. The van der Waals surface area contributed by atoms with E-state index in [0.717, 1.165) is 17.3 Å². The van der Waals surface area contributed by atoms with Gasteiger partial charge in [-0.3, -0.25) is 9.59 Å². The molecule has 2 aromatic rings. The molecule has 1 aliphatic carbocycles. The number of nitrogens with zero attached hydrogens (tertiary/aromatic N) is 4. The molecule has 120 valence electrons. The van der Waals surface area contributed by atoms with Crippen molar-refractivity contribution in [3.05, 3.63) is 28.6 Å². The molecule has 2 aliphatic rings. The first kappa shape index (κ1) is 14.6. The van der Waals surface area contributed by atoms with Crippen LogP contribution >= 0.6 is 15.9 Å². The van der Waals surface area contributed by atoms with Crippen LogP contribution in [0.25, 0.3) is 5.65 Å². The van der Waals surface area contributed by atoms with Gasteiger partial charge < -0.3 is 10.0 Å². The summed E-state index contributed by atoms with van der Waals surface area (Å²) in [6, 6.07) is 0. The number of rotatable bonds is 2. The van der Waals surface area contributed by atoms with Gasteiger partial charge in [-0.1, -0.05) is 6.42 Å². The Balaban J connectivity index is 1.66. The average Bonchev–Trinajstić information content (AvgIpc) is 3.17. The quantitative estimate of drug-likeness (QED) is 0.860. The number of aliphatic carboxylic acids is 1. The standard InChI is InChI=1S/C15H15BrN4O3/c16-10-4-17-12-11(5-18-20(12)7-10)13(21)19-6-9-2-1-3-15(9,8-19)14(22)23/h4-5,7,9H,1-3,6,8H2,(H,22,23)/t9-,15+/m0/s1. The van der Waals surface area contributed by atoms with Crippen LogP contribution in [0.2, 0.25) is 0 Å². The maximum Gasteiger partial charge on any atom is 0.311 e. The highest BCUT2D eigenvalue weighted by Crippen LogP contribution is 2.49. The van der Waals surface area contributed by atoms with Crippen LogP contribution < -0.4 is 0 Å². The molecule has 2 fully saturated rings. The van der Waals surface area contributed by atoms with Gasteiger partial charge in [-0.05, 0) is 34.7 Å². The Bertz CT molecular complexity index is 820. The third-order valence-electron chi connectivity index (χ3n) is 5.14.